The molecule has 4 rings (SSSR count). The Bertz CT molecular complexity index is 469. The zero-order valence-corrected chi connectivity index (χ0v) is 15.0. The van der Waals surface area contributed by atoms with Gasteiger partial charge in [0.1, 0.15) is 0 Å². The molecule has 0 radical (unpaired) electrons. The van der Waals surface area contributed by atoms with E-state index in [2.05, 4.69) is 32.9 Å². The smallest absolute Gasteiger partial charge is 0.0577 e. The van der Waals surface area contributed by atoms with E-state index in [4.69, 9.17) is 4.74 Å². The van der Waals surface area contributed by atoms with E-state index in [1.54, 1.807) is 0 Å². The first kappa shape index (κ1) is 15.2. The molecule has 0 aliphatic heterocycles. The van der Waals surface area contributed by atoms with Gasteiger partial charge in [0.2, 0.25) is 0 Å². The molecule has 22 heavy (non-hydrogen) atoms. The van der Waals surface area contributed by atoms with Crippen molar-refractivity contribution in [3.05, 3.63) is 12.2 Å². The van der Waals surface area contributed by atoms with Crippen molar-refractivity contribution in [3.8, 4) is 0 Å². The average Bonchev–Trinajstić information content (AvgIpc) is 2.82. The summed E-state index contributed by atoms with van der Waals surface area (Å²) >= 11 is 0. The van der Waals surface area contributed by atoms with Crippen LogP contribution in [0.15, 0.2) is 12.2 Å². The van der Waals surface area contributed by atoms with Gasteiger partial charge in [-0.3, -0.25) is 0 Å². The molecule has 0 heterocycles. The van der Waals surface area contributed by atoms with E-state index in [1.165, 1.54) is 44.9 Å². The average molecular weight is 303 g/mol. The molecule has 0 saturated heterocycles. The highest BCUT2D eigenvalue weighted by molar-refractivity contribution is 5.17. The molecule has 124 valence electrons. The molecule has 4 aliphatic rings. The lowest BCUT2D eigenvalue weighted by atomic mass is 9.47. The number of hydrogen-bond donors (Lipinski definition) is 0. The fourth-order valence-corrected chi connectivity index (χ4v) is 7.06. The van der Waals surface area contributed by atoms with E-state index in [0.29, 0.717) is 16.9 Å². The number of hydrogen-bond acceptors (Lipinski definition) is 1. The number of methoxy groups -OCH3 is 1. The molecule has 8 unspecified atom stereocenters. The van der Waals surface area contributed by atoms with Crippen LogP contribution in [-0.2, 0) is 4.74 Å². The van der Waals surface area contributed by atoms with Crippen molar-refractivity contribution in [2.75, 3.05) is 7.11 Å². The van der Waals surface area contributed by atoms with Gasteiger partial charge in [-0.25, -0.2) is 0 Å². The van der Waals surface area contributed by atoms with Gasteiger partial charge in [-0.05, 0) is 85.4 Å². The van der Waals surface area contributed by atoms with Crippen LogP contribution in [-0.4, -0.2) is 13.2 Å². The highest BCUT2D eigenvalue weighted by Crippen LogP contribution is 2.65. The van der Waals surface area contributed by atoms with Crippen LogP contribution in [0.5, 0.6) is 0 Å². The second-order valence-electron chi connectivity index (χ2n) is 9.44. The Balaban J connectivity index is 1.64. The van der Waals surface area contributed by atoms with Gasteiger partial charge in [0.25, 0.3) is 0 Å². The summed E-state index contributed by atoms with van der Waals surface area (Å²) < 4.78 is 5.69. The first-order valence-corrected chi connectivity index (χ1v) is 9.70. The fourth-order valence-electron chi connectivity index (χ4n) is 7.06. The molecule has 0 bridgehead atoms. The predicted octanol–water partition coefficient (Wildman–Crippen LogP) is 5.46. The van der Waals surface area contributed by atoms with Crippen molar-refractivity contribution in [1.82, 2.24) is 0 Å². The molecule has 0 N–H and O–H groups in total. The maximum Gasteiger partial charge on any atom is 0.0577 e. The summed E-state index contributed by atoms with van der Waals surface area (Å²) in [6, 6.07) is 0. The molecule has 8 atom stereocenters. The van der Waals surface area contributed by atoms with Crippen LogP contribution < -0.4 is 0 Å². The van der Waals surface area contributed by atoms with Crippen LogP contribution >= 0.6 is 0 Å². The van der Waals surface area contributed by atoms with Crippen molar-refractivity contribution in [1.29, 1.82) is 0 Å². The summed E-state index contributed by atoms with van der Waals surface area (Å²) in [7, 11) is 1.90. The number of rotatable bonds is 1. The molecule has 1 heteroatoms. The molecule has 4 aliphatic carbocycles. The van der Waals surface area contributed by atoms with Crippen molar-refractivity contribution >= 4 is 0 Å². The molecule has 3 fully saturated rings. The van der Waals surface area contributed by atoms with Crippen LogP contribution in [0.3, 0.4) is 0 Å². The van der Waals surface area contributed by atoms with Gasteiger partial charge < -0.3 is 4.74 Å². The summed E-state index contributed by atoms with van der Waals surface area (Å²) in [5.41, 5.74) is 1.17. The maximum absolute atomic E-state index is 5.69. The van der Waals surface area contributed by atoms with Crippen LogP contribution in [0.1, 0.15) is 65.7 Å². The lowest BCUT2D eigenvalue weighted by Gasteiger charge is -2.58. The van der Waals surface area contributed by atoms with Crippen molar-refractivity contribution < 1.29 is 4.74 Å². The van der Waals surface area contributed by atoms with Crippen molar-refractivity contribution in [3.63, 3.8) is 0 Å². The van der Waals surface area contributed by atoms with E-state index in [1.807, 2.05) is 7.11 Å². The SMILES string of the molecule is COC1CCC2(C)C(C=CC3C4CCC(C)C4(C)CCC32)C1. The Hall–Kier alpha value is -0.300. The zero-order valence-electron chi connectivity index (χ0n) is 15.0. The van der Waals surface area contributed by atoms with Crippen LogP contribution in [0.25, 0.3) is 0 Å². The van der Waals surface area contributed by atoms with Crippen LogP contribution in [0.2, 0.25) is 0 Å². The second-order valence-corrected chi connectivity index (χ2v) is 9.44. The van der Waals surface area contributed by atoms with Gasteiger partial charge in [0.15, 0.2) is 0 Å². The molecular weight excluding hydrogens is 268 g/mol. The molecule has 0 spiro atoms. The summed E-state index contributed by atoms with van der Waals surface area (Å²) in [4.78, 5) is 0. The first-order chi connectivity index (χ1) is 10.5. The summed E-state index contributed by atoms with van der Waals surface area (Å²) in [6.45, 7) is 7.74. The lowest BCUT2D eigenvalue weighted by molar-refractivity contribution is -0.0819. The number of allylic oxidation sites excluding steroid dienone is 2. The Labute approximate surface area is 136 Å². The highest BCUT2D eigenvalue weighted by atomic mass is 16.5. The van der Waals surface area contributed by atoms with E-state index in [9.17, 15) is 0 Å². The topological polar surface area (TPSA) is 9.23 Å². The lowest BCUT2D eigenvalue weighted by Crippen LogP contribution is -2.52. The molecular formula is C21H34O. The second kappa shape index (κ2) is 5.10. The Morgan fingerprint density at radius 3 is 2.41 bits per heavy atom. The predicted molar refractivity (Wildman–Crippen MR) is 91.6 cm³/mol. The minimum Gasteiger partial charge on any atom is -0.381 e. The standard InChI is InChI=1S/C21H34O/c1-14-5-8-18-17-7-6-15-13-16(22-4)9-11-21(15,3)19(17)10-12-20(14,18)2/h6-7,14-19H,5,8-13H2,1-4H3. The van der Waals surface area contributed by atoms with Crippen molar-refractivity contribution in [2.45, 2.75) is 71.8 Å². The van der Waals surface area contributed by atoms with E-state index in [0.717, 1.165) is 29.6 Å². The third-order valence-electron chi connectivity index (χ3n) is 8.92. The van der Waals surface area contributed by atoms with E-state index >= 15 is 0 Å². The number of ether oxygens (including phenoxy) is 1. The van der Waals surface area contributed by atoms with Gasteiger partial charge in [0, 0.05) is 7.11 Å². The quantitative estimate of drug-likeness (QED) is 0.585. The Morgan fingerprint density at radius 2 is 1.64 bits per heavy atom. The minimum absolute atomic E-state index is 0.500. The molecule has 0 aromatic carbocycles. The number of fused-ring (bicyclic) bond motifs is 5. The molecule has 0 aromatic heterocycles. The van der Waals surface area contributed by atoms with Crippen LogP contribution in [0.4, 0.5) is 0 Å². The Kier molecular flexibility index (Phi) is 3.53. The zero-order chi connectivity index (χ0) is 15.5. The summed E-state index contributed by atoms with van der Waals surface area (Å²) in [5.74, 6) is 4.44. The fraction of sp³-hybridized carbons (Fsp3) is 0.905. The Morgan fingerprint density at radius 1 is 0.909 bits per heavy atom. The van der Waals surface area contributed by atoms with Gasteiger partial charge in [-0.15, -0.1) is 0 Å². The molecule has 1 nitrogen and oxygen atoms in total. The van der Waals surface area contributed by atoms with Gasteiger partial charge in [-0.1, -0.05) is 32.9 Å². The normalized spacial score (nSPS) is 57.1. The van der Waals surface area contributed by atoms with Gasteiger partial charge in [0.05, 0.1) is 6.10 Å². The minimum atomic E-state index is 0.500. The maximum atomic E-state index is 5.69. The molecule has 3 saturated carbocycles. The summed E-state index contributed by atoms with van der Waals surface area (Å²) in [6.07, 6.45) is 15.6. The summed E-state index contributed by atoms with van der Waals surface area (Å²) in [5, 5.41) is 0. The molecule has 0 amide bonds. The van der Waals surface area contributed by atoms with Crippen LogP contribution in [0, 0.1) is 40.4 Å². The van der Waals surface area contributed by atoms with E-state index in [-0.39, 0.29) is 0 Å². The molecule has 0 aromatic rings. The third kappa shape index (κ3) is 1.93. The monoisotopic (exact) mass is 302 g/mol. The van der Waals surface area contributed by atoms with Gasteiger partial charge in [-0.2, -0.15) is 0 Å². The van der Waals surface area contributed by atoms with Crippen molar-refractivity contribution in [2.24, 2.45) is 40.4 Å². The highest BCUT2D eigenvalue weighted by Gasteiger charge is 2.58. The van der Waals surface area contributed by atoms with Gasteiger partial charge >= 0.3 is 0 Å². The third-order valence-corrected chi connectivity index (χ3v) is 8.92. The largest absolute Gasteiger partial charge is 0.381 e. The first-order valence-electron chi connectivity index (χ1n) is 9.70. The van der Waals surface area contributed by atoms with E-state index < -0.39 is 0 Å².